The zero-order valence-corrected chi connectivity index (χ0v) is 12.0. The summed E-state index contributed by atoms with van der Waals surface area (Å²) in [6.07, 6.45) is 7.72. The van der Waals surface area contributed by atoms with Gasteiger partial charge < -0.3 is 10.1 Å². The number of nitrogens with one attached hydrogen (secondary N) is 1. The molecule has 1 aliphatic heterocycles. The highest BCUT2D eigenvalue weighted by atomic mass is 16.5. The number of piperidine rings is 1. The Balaban J connectivity index is 1.56. The largest absolute Gasteiger partial charge is 0.456 e. The first kappa shape index (κ1) is 12.8. The summed E-state index contributed by atoms with van der Waals surface area (Å²) in [6, 6.07) is 12.7. The Morgan fingerprint density at radius 3 is 2.81 bits per heavy atom. The molecule has 3 unspecified atom stereocenters. The molecule has 2 fully saturated rings. The Morgan fingerprint density at radius 2 is 1.95 bits per heavy atom. The molecular weight excluding hydrogens is 260 g/mol. The average molecular weight is 280 g/mol. The number of hydrogen-bond acceptors (Lipinski definition) is 3. The summed E-state index contributed by atoms with van der Waals surface area (Å²) < 4.78 is 5.91. The van der Waals surface area contributed by atoms with Crippen LogP contribution in [0.3, 0.4) is 0 Å². The van der Waals surface area contributed by atoms with Crippen LogP contribution in [0.15, 0.2) is 48.8 Å². The summed E-state index contributed by atoms with van der Waals surface area (Å²) in [4.78, 5) is 4.39. The first-order valence-electron chi connectivity index (χ1n) is 7.80. The third-order valence-corrected chi connectivity index (χ3v) is 4.76. The molecule has 3 atom stereocenters. The number of rotatable bonds is 3. The lowest BCUT2D eigenvalue weighted by molar-refractivity contribution is 0.385. The zero-order valence-electron chi connectivity index (χ0n) is 12.0. The SMILES string of the molecule is c1ccc(Oc2cncc(C3CC4CCNC3C4)c2)cc1. The molecule has 2 aliphatic rings. The second kappa shape index (κ2) is 5.49. The second-order valence-corrected chi connectivity index (χ2v) is 6.16. The Hall–Kier alpha value is -1.87. The third kappa shape index (κ3) is 2.66. The molecule has 1 saturated carbocycles. The molecule has 2 aromatic rings. The lowest BCUT2D eigenvalue weighted by Crippen LogP contribution is -2.35. The molecule has 3 heteroatoms. The van der Waals surface area contributed by atoms with Crippen LogP contribution in [-0.2, 0) is 0 Å². The summed E-state index contributed by atoms with van der Waals surface area (Å²) in [6.45, 7) is 1.17. The minimum atomic E-state index is 0.587. The van der Waals surface area contributed by atoms with Crippen LogP contribution >= 0.6 is 0 Å². The molecule has 108 valence electrons. The maximum atomic E-state index is 5.91. The van der Waals surface area contributed by atoms with Gasteiger partial charge in [0.15, 0.2) is 0 Å². The van der Waals surface area contributed by atoms with Crippen molar-refractivity contribution >= 4 is 0 Å². The second-order valence-electron chi connectivity index (χ2n) is 6.16. The van der Waals surface area contributed by atoms with Gasteiger partial charge in [0.05, 0.1) is 6.20 Å². The first-order chi connectivity index (χ1) is 10.4. The van der Waals surface area contributed by atoms with Crippen molar-refractivity contribution in [3.63, 3.8) is 0 Å². The fourth-order valence-corrected chi connectivity index (χ4v) is 3.76. The lowest BCUT2D eigenvalue weighted by Gasteiger charge is -2.23. The van der Waals surface area contributed by atoms with E-state index in [-0.39, 0.29) is 0 Å². The molecule has 21 heavy (non-hydrogen) atoms. The van der Waals surface area contributed by atoms with Gasteiger partial charge in [0, 0.05) is 18.2 Å². The predicted octanol–water partition coefficient (Wildman–Crippen LogP) is 3.73. The number of aromatic nitrogens is 1. The van der Waals surface area contributed by atoms with Crippen LogP contribution in [0.1, 0.15) is 30.7 Å². The van der Waals surface area contributed by atoms with Crippen LogP contribution in [0, 0.1) is 5.92 Å². The maximum Gasteiger partial charge on any atom is 0.145 e. The summed E-state index contributed by atoms with van der Waals surface area (Å²) in [7, 11) is 0. The highest BCUT2D eigenvalue weighted by molar-refractivity contribution is 5.33. The van der Waals surface area contributed by atoms with Gasteiger partial charge in [0.2, 0.25) is 0 Å². The van der Waals surface area contributed by atoms with Gasteiger partial charge in [-0.1, -0.05) is 18.2 Å². The highest BCUT2D eigenvalue weighted by Gasteiger charge is 2.37. The van der Waals surface area contributed by atoms with Crippen LogP contribution in [0.4, 0.5) is 0 Å². The molecule has 1 aromatic carbocycles. The van der Waals surface area contributed by atoms with E-state index in [0.29, 0.717) is 12.0 Å². The van der Waals surface area contributed by atoms with Gasteiger partial charge in [0.25, 0.3) is 0 Å². The third-order valence-electron chi connectivity index (χ3n) is 4.76. The number of para-hydroxylation sites is 1. The van der Waals surface area contributed by atoms with E-state index in [2.05, 4.69) is 16.4 Å². The number of pyridine rings is 1. The Labute approximate surface area is 125 Å². The van der Waals surface area contributed by atoms with E-state index in [4.69, 9.17) is 4.74 Å². The van der Waals surface area contributed by atoms with Gasteiger partial charge in [-0.15, -0.1) is 0 Å². The first-order valence-corrected chi connectivity index (χ1v) is 7.80. The summed E-state index contributed by atoms with van der Waals surface area (Å²) in [5.74, 6) is 3.17. The van der Waals surface area contributed by atoms with Gasteiger partial charge in [-0.2, -0.15) is 0 Å². The molecule has 1 aromatic heterocycles. The Morgan fingerprint density at radius 1 is 1.05 bits per heavy atom. The van der Waals surface area contributed by atoms with Gasteiger partial charge in [-0.3, -0.25) is 4.98 Å². The molecule has 3 nitrogen and oxygen atoms in total. The van der Waals surface area contributed by atoms with Crippen molar-refractivity contribution in [2.75, 3.05) is 6.54 Å². The van der Waals surface area contributed by atoms with E-state index in [1.807, 2.05) is 36.5 Å². The molecule has 1 aliphatic carbocycles. The van der Waals surface area contributed by atoms with Crippen molar-refractivity contribution in [3.8, 4) is 11.5 Å². The van der Waals surface area contributed by atoms with Crippen molar-refractivity contribution in [3.05, 3.63) is 54.4 Å². The fourth-order valence-electron chi connectivity index (χ4n) is 3.76. The number of fused-ring (bicyclic) bond motifs is 2. The van der Waals surface area contributed by atoms with Gasteiger partial charge >= 0.3 is 0 Å². The lowest BCUT2D eigenvalue weighted by atomic mass is 9.95. The van der Waals surface area contributed by atoms with Crippen molar-refractivity contribution in [1.29, 1.82) is 0 Å². The van der Waals surface area contributed by atoms with Crippen molar-refractivity contribution < 1.29 is 4.74 Å². The number of ether oxygens (including phenoxy) is 1. The van der Waals surface area contributed by atoms with Crippen molar-refractivity contribution in [2.45, 2.75) is 31.2 Å². The predicted molar refractivity (Wildman–Crippen MR) is 82.6 cm³/mol. The summed E-state index contributed by atoms with van der Waals surface area (Å²) in [5.41, 5.74) is 1.31. The van der Waals surface area contributed by atoms with E-state index in [1.54, 1.807) is 6.20 Å². The quantitative estimate of drug-likeness (QED) is 0.930. The molecule has 1 saturated heterocycles. The smallest absolute Gasteiger partial charge is 0.145 e. The molecule has 4 rings (SSSR count). The highest BCUT2D eigenvalue weighted by Crippen LogP contribution is 2.42. The summed E-state index contributed by atoms with van der Waals surface area (Å²) in [5, 5.41) is 3.66. The topological polar surface area (TPSA) is 34.1 Å². The Bertz CT molecular complexity index is 614. The van der Waals surface area contributed by atoms with Crippen molar-refractivity contribution in [1.82, 2.24) is 10.3 Å². The van der Waals surface area contributed by atoms with Crippen LogP contribution in [-0.4, -0.2) is 17.6 Å². The van der Waals surface area contributed by atoms with Gasteiger partial charge in [-0.05, 0) is 55.5 Å². The van der Waals surface area contributed by atoms with E-state index >= 15 is 0 Å². The molecule has 0 amide bonds. The minimum Gasteiger partial charge on any atom is -0.456 e. The van der Waals surface area contributed by atoms with Crippen LogP contribution < -0.4 is 10.1 Å². The van der Waals surface area contributed by atoms with E-state index in [0.717, 1.165) is 17.4 Å². The van der Waals surface area contributed by atoms with E-state index in [9.17, 15) is 0 Å². The van der Waals surface area contributed by atoms with Gasteiger partial charge in [0.1, 0.15) is 11.5 Å². The zero-order chi connectivity index (χ0) is 14.1. The molecule has 2 bridgehead atoms. The average Bonchev–Trinajstić information content (AvgIpc) is 2.83. The maximum absolute atomic E-state index is 5.91. The molecule has 0 spiro atoms. The number of nitrogens with zero attached hydrogens (tertiary/aromatic N) is 1. The van der Waals surface area contributed by atoms with Gasteiger partial charge in [-0.25, -0.2) is 0 Å². The summed E-state index contributed by atoms with van der Waals surface area (Å²) >= 11 is 0. The number of hydrogen-bond donors (Lipinski definition) is 1. The molecular formula is C18H20N2O. The molecule has 0 radical (unpaired) electrons. The van der Waals surface area contributed by atoms with Crippen LogP contribution in [0.2, 0.25) is 0 Å². The fraction of sp³-hybridized carbons (Fsp3) is 0.389. The molecule has 2 heterocycles. The van der Waals surface area contributed by atoms with E-state index in [1.165, 1.54) is 31.4 Å². The Kier molecular flexibility index (Phi) is 3.36. The normalized spacial score (nSPS) is 27.5. The van der Waals surface area contributed by atoms with E-state index < -0.39 is 0 Å². The van der Waals surface area contributed by atoms with Crippen LogP contribution in [0.25, 0.3) is 0 Å². The number of benzene rings is 1. The minimum absolute atomic E-state index is 0.587. The monoisotopic (exact) mass is 280 g/mol. The van der Waals surface area contributed by atoms with Crippen molar-refractivity contribution in [2.24, 2.45) is 5.92 Å². The van der Waals surface area contributed by atoms with Crippen LogP contribution in [0.5, 0.6) is 11.5 Å². The standard InChI is InChI=1S/C18H20N2O/c1-2-4-15(5-3-1)21-16-10-14(11-19-12-16)17-8-13-6-7-20-18(17)9-13/h1-5,10-13,17-18,20H,6-9H2. The molecule has 1 N–H and O–H groups in total.